The van der Waals surface area contributed by atoms with E-state index in [0.29, 0.717) is 16.5 Å². The highest BCUT2D eigenvalue weighted by molar-refractivity contribution is 9.09. The van der Waals surface area contributed by atoms with E-state index in [1.165, 1.54) is 12.8 Å². The molecule has 5 heteroatoms. The summed E-state index contributed by atoms with van der Waals surface area (Å²) in [6.07, 6.45) is 7.79. The van der Waals surface area contributed by atoms with Gasteiger partial charge in [0.05, 0.1) is 5.75 Å². The van der Waals surface area contributed by atoms with Gasteiger partial charge in [0.25, 0.3) is 0 Å². The van der Waals surface area contributed by atoms with Gasteiger partial charge in [0.2, 0.25) is 10.0 Å². The molecule has 94 valence electrons. The Bertz CT molecular complexity index is 327. The third-order valence-electron chi connectivity index (χ3n) is 3.41. The van der Waals surface area contributed by atoms with Crippen LogP contribution in [0.4, 0.5) is 0 Å². The van der Waals surface area contributed by atoms with Gasteiger partial charge in [0, 0.05) is 10.9 Å². The van der Waals surface area contributed by atoms with Crippen LogP contribution in [0.1, 0.15) is 44.9 Å². The molecule has 0 radical (unpaired) electrons. The molecule has 2 atom stereocenters. The van der Waals surface area contributed by atoms with Gasteiger partial charge in [-0.1, -0.05) is 35.2 Å². The Kier molecular flexibility index (Phi) is 4.30. The minimum absolute atomic E-state index is 0.103. The van der Waals surface area contributed by atoms with Crippen LogP contribution in [0.15, 0.2) is 0 Å². The molecule has 0 aromatic heterocycles. The van der Waals surface area contributed by atoms with E-state index in [-0.39, 0.29) is 6.04 Å². The van der Waals surface area contributed by atoms with Crippen LogP contribution < -0.4 is 4.72 Å². The molecule has 2 saturated carbocycles. The second-order valence-electron chi connectivity index (χ2n) is 5.10. The SMILES string of the molecule is O=S(=O)(CC1CC1)NC1CCCCCC1Br. The first kappa shape index (κ1) is 12.8. The molecule has 0 aromatic rings. The fourth-order valence-electron chi connectivity index (χ4n) is 2.27. The normalized spacial score (nSPS) is 32.3. The fraction of sp³-hybridized carbons (Fsp3) is 1.00. The van der Waals surface area contributed by atoms with Crippen molar-refractivity contribution in [2.24, 2.45) is 5.92 Å². The summed E-state index contributed by atoms with van der Waals surface area (Å²) in [7, 11) is -3.05. The molecule has 16 heavy (non-hydrogen) atoms. The predicted octanol–water partition coefficient (Wildman–Crippen LogP) is 2.41. The number of rotatable bonds is 4. The zero-order valence-corrected chi connectivity index (χ0v) is 11.9. The van der Waals surface area contributed by atoms with Gasteiger partial charge in [-0.3, -0.25) is 0 Å². The van der Waals surface area contributed by atoms with Crippen molar-refractivity contribution < 1.29 is 8.42 Å². The number of hydrogen-bond acceptors (Lipinski definition) is 2. The molecule has 0 amide bonds. The van der Waals surface area contributed by atoms with E-state index in [9.17, 15) is 8.42 Å². The summed E-state index contributed by atoms with van der Waals surface area (Å²) in [6, 6.07) is 0.103. The molecule has 0 aromatic carbocycles. The maximum absolute atomic E-state index is 11.9. The second-order valence-corrected chi connectivity index (χ2v) is 8.08. The van der Waals surface area contributed by atoms with Crippen molar-refractivity contribution in [3.8, 4) is 0 Å². The van der Waals surface area contributed by atoms with Gasteiger partial charge in [-0.15, -0.1) is 0 Å². The molecule has 3 nitrogen and oxygen atoms in total. The first-order valence-electron chi connectivity index (χ1n) is 6.21. The number of alkyl halides is 1. The minimum Gasteiger partial charge on any atom is -0.212 e. The molecular formula is C11H20BrNO2S. The Morgan fingerprint density at radius 3 is 2.44 bits per heavy atom. The van der Waals surface area contributed by atoms with Crippen LogP contribution in [0.3, 0.4) is 0 Å². The third-order valence-corrected chi connectivity index (χ3v) is 6.08. The Hall–Kier alpha value is 0.390. The lowest BCUT2D eigenvalue weighted by molar-refractivity contribution is 0.519. The Labute approximate surface area is 107 Å². The van der Waals surface area contributed by atoms with E-state index in [0.717, 1.165) is 32.1 Å². The zero-order valence-electron chi connectivity index (χ0n) is 9.49. The molecule has 0 bridgehead atoms. The van der Waals surface area contributed by atoms with Crippen LogP contribution in [0.5, 0.6) is 0 Å². The average molecular weight is 310 g/mol. The van der Waals surface area contributed by atoms with Gasteiger partial charge in [0.15, 0.2) is 0 Å². The van der Waals surface area contributed by atoms with E-state index in [1.54, 1.807) is 0 Å². The maximum atomic E-state index is 11.9. The summed E-state index contributed by atoms with van der Waals surface area (Å²) >= 11 is 3.61. The molecule has 0 heterocycles. The van der Waals surface area contributed by atoms with Crippen LogP contribution >= 0.6 is 15.9 Å². The molecule has 2 aliphatic carbocycles. The Morgan fingerprint density at radius 1 is 1.06 bits per heavy atom. The van der Waals surface area contributed by atoms with E-state index in [1.807, 2.05) is 0 Å². The highest BCUT2D eigenvalue weighted by Gasteiger charge is 2.31. The van der Waals surface area contributed by atoms with Gasteiger partial charge in [-0.05, 0) is 31.6 Å². The number of hydrogen-bond donors (Lipinski definition) is 1. The standard InChI is InChI=1S/C11H20BrNO2S/c12-10-4-2-1-3-5-11(10)13-16(14,15)8-9-6-7-9/h9-11,13H,1-8H2. The first-order chi connectivity index (χ1) is 7.57. The quantitative estimate of drug-likeness (QED) is 0.640. The number of nitrogens with one attached hydrogen (secondary N) is 1. The van der Waals surface area contributed by atoms with Crippen molar-refractivity contribution in [3.63, 3.8) is 0 Å². The van der Waals surface area contributed by atoms with E-state index in [2.05, 4.69) is 20.7 Å². The zero-order chi connectivity index (χ0) is 11.6. The highest BCUT2D eigenvalue weighted by atomic mass is 79.9. The Balaban J connectivity index is 1.90. The van der Waals surface area contributed by atoms with Crippen molar-refractivity contribution in [2.45, 2.75) is 55.8 Å². The average Bonchev–Trinajstić information content (AvgIpc) is 2.97. The summed E-state index contributed by atoms with van der Waals surface area (Å²) in [5.41, 5.74) is 0. The predicted molar refractivity (Wildman–Crippen MR) is 69.2 cm³/mol. The molecule has 0 aliphatic heterocycles. The van der Waals surface area contributed by atoms with Crippen LogP contribution in [0.25, 0.3) is 0 Å². The smallest absolute Gasteiger partial charge is 0.212 e. The molecule has 0 saturated heterocycles. The lowest BCUT2D eigenvalue weighted by Gasteiger charge is -2.21. The largest absolute Gasteiger partial charge is 0.212 e. The van der Waals surface area contributed by atoms with Crippen molar-refractivity contribution in [1.29, 1.82) is 0 Å². The lowest BCUT2D eigenvalue weighted by Crippen LogP contribution is -2.41. The van der Waals surface area contributed by atoms with E-state index in [4.69, 9.17) is 0 Å². The first-order valence-corrected chi connectivity index (χ1v) is 8.78. The summed E-state index contributed by atoms with van der Waals surface area (Å²) < 4.78 is 26.6. The van der Waals surface area contributed by atoms with E-state index >= 15 is 0 Å². The highest BCUT2D eigenvalue weighted by Crippen LogP contribution is 2.31. The summed E-state index contributed by atoms with van der Waals surface area (Å²) in [5.74, 6) is 0.764. The third kappa shape index (κ3) is 4.00. The topological polar surface area (TPSA) is 46.2 Å². The van der Waals surface area contributed by atoms with Gasteiger partial charge in [-0.2, -0.15) is 0 Å². The summed E-state index contributed by atoms with van der Waals surface area (Å²) in [5, 5.41) is 0. The molecule has 0 spiro atoms. The molecular weight excluding hydrogens is 290 g/mol. The van der Waals surface area contributed by atoms with Crippen molar-refractivity contribution in [3.05, 3.63) is 0 Å². The van der Waals surface area contributed by atoms with Gasteiger partial charge in [0.1, 0.15) is 0 Å². The van der Waals surface area contributed by atoms with Crippen molar-refractivity contribution in [2.75, 3.05) is 5.75 Å². The molecule has 2 aliphatic rings. The van der Waals surface area contributed by atoms with Crippen molar-refractivity contribution >= 4 is 26.0 Å². The minimum atomic E-state index is -3.05. The molecule has 1 N–H and O–H groups in total. The van der Waals surface area contributed by atoms with Crippen LogP contribution in [0.2, 0.25) is 0 Å². The lowest BCUT2D eigenvalue weighted by atomic mass is 10.1. The molecule has 2 fully saturated rings. The van der Waals surface area contributed by atoms with Gasteiger partial charge >= 0.3 is 0 Å². The summed E-state index contributed by atoms with van der Waals surface area (Å²) in [4.78, 5) is 0.309. The van der Waals surface area contributed by atoms with Crippen molar-refractivity contribution in [1.82, 2.24) is 4.72 Å². The molecule has 2 rings (SSSR count). The van der Waals surface area contributed by atoms with E-state index < -0.39 is 10.0 Å². The van der Waals surface area contributed by atoms with Gasteiger partial charge < -0.3 is 0 Å². The van der Waals surface area contributed by atoms with Crippen LogP contribution in [-0.4, -0.2) is 25.0 Å². The summed E-state index contributed by atoms with van der Waals surface area (Å²) in [6.45, 7) is 0. The monoisotopic (exact) mass is 309 g/mol. The maximum Gasteiger partial charge on any atom is 0.212 e. The number of halogens is 1. The van der Waals surface area contributed by atoms with Crippen LogP contribution in [0, 0.1) is 5.92 Å². The Morgan fingerprint density at radius 2 is 1.75 bits per heavy atom. The van der Waals surface area contributed by atoms with Crippen LogP contribution in [-0.2, 0) is 10.0 Å². The fourth-order valence-corrected chi connectivity index (χ4v) is 4.96. The van der Waals surface area contributed by atoms with Gasteiger partial charge in [-0.25, -0.2) is 13.1 Å². The number of sulfonamides is 1. The second kappa shape index (κ2) is 5.36. The molecule has 2 unspecified atom stereocenters.